The van der Waals surface area contributed by atoms with E-state index >= 15 is 0 Å². The van der Waals surface area contributed by atoms with Gasteiger partial charge in [-0.1, -0.05) is 20.8 Å². The first kappa shape index (κ1) is 10.6. The average Bonchev–Trinajstić information content (AvgIpc) is 2.19. The van der Waals surface area contributed by atoms with Gasteiger partial charge in [0.1, 0.15) is 0 Å². The Morgan fingerprint density at radius 1 is 1.31 bits per heavy atom. The molecule has 0 aromatic rings. The quantitative estimate of drug-likeness (QED) is 0.640. The lowest BCUT2D eigenvalue weighted by atomic mass is 9.92. The maximum atomic E-state index is 5.80. The monoisotopic (exact) mass is 182 g/mol. The Bertz CT molecular complexity index is 182. The van der Waals surface area contributed by atoms with Crippen LogP contribution in [0.15, 0.2) is 11.3 Å². The molecule has 1 heterocycles. The van der Waals surface area contributed by atoms with E-state index in [1.807, 2.05) is 0 Å². The van der Waals surface area contributed by atoms with Crippen LogP contribution in [0.1, 0.15) is 52.9 Å². The van der Waals surface area contributed by atoms with Crippen LogP contribution in [0, 0.1) is 5.92 Å². The molecule has 0 aromatic heterocycles. The van der Waals surface area contributed by atoms with Crippen molar-refractivity contribution in [2.45, 2.75) is 52.9 Å². The Hall–Kier alpha value is -0.460. The van der Waals surface area contributed by atoms with Crippen LogP contribution in [0.2, 0.25) is 0 Å². The van der Waals surface area contributed by atoms with Gasteiger partial charge in [-0.3, -0.25) is 0 Å². The van der Waals surface area contributed by atoms with Crippen LogP contribution < -0.4 is 0 Å². The summed E-state index contributed by atoms with van der Waals surface area (Å²) in [5.41, 5.74) is 1.57. The molecule has 76 valence electrons. The summed E-state index contributed by atoms with van der Waals surface area (Å²) < 4.78 is 5.80. The Kier molecular flexibility index (Phi) is 4.34. The number of ether oxygens (including phenoxy) is 1. The lowest BCUT2D eigenvalue weighted by molar-refractivity contribution is 0.128. The SMILES string of the molecule is CCCC1=C(CC)CC(CC)CO1. The Balaban J connectivity index is 2.61. The van der Waals surface area contributed by atoms with Crippen LogP contribution in [-0.4, -0.2) is 6.61 Å². The summed E-state index contributed by atoms with van der Waals surface area (Å²) in [7, 11) is 0. The summed E-state index contributed by atoms with van der Waals surface area (Å²) in [5.74, 6) is 2.07. The fourth-order valence-electron chi connectivity index (χ4n) is 1.92. The highest BCUT2D eigenvalue weighted by molar-refractivity contribution is 5.11. The summed E-state index contributed by atoms with van der Waals surface area (Å²) in [4.78, 5) is 0. The molecule has 0 aromatic carbocycles. The normalized spacial score (nSPS) is 23.2. The van der Waals surface area contributed by atoms with Crippen LogP contribution in [0.5, 0.6) is 0 Å². The van der Waals surface area contributed by atoms with E-state index in [4.69, 9.17) is 4.74 Å². The first-order chi connectivity index (χ1) is 6.31. The summed E-state index contributed by atoms with van der Waals surface area (Å²) in [6.45, 7) is 7.67. The standard InChI is InChI=1S/C12H22O/c1-4-7-12-11(6-3)8-10(5-2)9-13-12/h10H,4-9H2,1-3H3. The summed E-state index contributed by atoms with van der Waals surface area (Å²) >= 11 is 0. The highest BCUT2D eigenvalue weighted by atomic mass is 16.5. The van der Waals surface area contributed by atoms with E-state index in [1.165, 1.54) is 31.4 Å². The molecule has 1 aliphatic heterocycles. The van der Waals surface area contributed by atoms with Crippen molar-refractivity contribution in [3.63, 3.8) is 0 Å². The molecule has 1 heteroatoms. The maximum absolute atomic E-state index is 5.80. The maximum Gasteiger partial charge on any atom is 0.0951 e. The van der Waals surface area contributed by atoms with Gasteiger partial charge in [-0.2, -0.15) is 0 Å². The first-order valence-corrected chi connectivity index (χ1v) is 5.65. The zero-order valence-electron chi connectivity index (χ0n) is 9.23. The van der Waals surface area contributed by atoms with Crippen LogP contribution in [0.25, 0.3) is 0 Å². The molecule has 1 aliphatic rings. The van der Waals surface area contributed by atoms with Gasteiger partial charge in [0.05, 0.1) is 12.4 Å². The predicted octanol–water partition coefficient (Wildman–Crippen LogP) is 3.90. The van der Waals surface area contributed by atoms with E-state index in [-0.39, 0.29) is 0 Å². The third kappa shape index (κ3) is 2.75. The van der Waals surface area contributed by atoms with Crippen molar-refractivity contribution < 1.29 is 4.74 Å². The number of allylic oxidation sites excluding steroid dienone is 2. The minimum Gasteiger partial charge on any atom is -0.498 e. The molecule has 0 fully saturated rings. The third-order valence-corrected chi connectivity index (χ3v) is 2.90. The van der Waals surface area contributed by atoms with Crippen molar-refractivity contribution in [2.75, 3.05) is 6.61 Å². The lowest BCUT2D eigenvalue weighted by Gasteiger charge is -2.26. The number of hydrogen-bond acceptors (Lipinski definition) is 1. The number of rotatable bonds is 4. The topological polar surface area (TPSA) is 9.23 Å². The zero-order chi connectivity index (χ0) is 9.68. The molecule has 1 rings (SSSR count). The molecular weight excluding hydrogens is 160 g/mol. The second kappa shape index (κ2) is 5.31. The summed E-state index contributed by atoms with van der Waals surface area (Å²) in [5, 5.41) is 0. The second-order valence-corrected chi connectivity index (χ2v) is 3.92. The van der Waals surface area contributed by atoms with Gasteiger partial charge in [-0.05, 0) is 37.2 Å². The summed E-state index contributed by atoms with van der Waals surface area (Å²) in [6, 6.07) is 0. The van der Waals surface area contributed by atoms with Crippen LogP contribution in [-0.2, 0) is 4.74 Å². The number of hydrogen-bond donors (Lipinski definition) is 0. The van der Waals surface area contributed by atoms with E-state index in [0.717, 1.165) is 18.9 Å². The van der Waals surface area contributed by atoms with Gasteiger partial charge in [-0.15, -0.1) is 0 Å². The summed E-state index contributed by atoms with van der Waals surface area (Å²) in [6.07, 6.45) is 6.05. The molecule has 0 amide bonds. The molecule has 1 atom stereocenters. The van der Waals surface area contributed by atoms with E-state index in [1.54, 1.807) is 5.57 Å². The van der Waals surface area contributed by atoms with Crippen molar-refractivity contribution in [3.8, 4) is 0 Å². The van der Waals surface area contributed by atoms with Gasteiger partial charge in [0, 0.05) is 6.42 Å². The van der Waals surface area contributed by atoms with Crippen molar-refractivity contribution in [1.82, 2.24) is 0 Å². The van der Waals surface area contributed by atoms with Crippen LogP contribution >= 0.6 is 0 Å². The van der Waals surface area contributed by atoms with Gasteiger partial charge >= 0.3 is 0 Å². The lowest BCUT2D eigenvalue weighted by Crippen LogP contribution is -2.17. The van der Waals surface area contributed by atoms with Crippen LogP contribution in [0.3, 0.4) is 0 Å². The zero-order valence-corrected chi connectivity index (χ0v) is 9.23. The predicted molar refractivity (Wildman–Crippen MR) is 56.6 cm³/mol. The van der Waals surface area contributed by atoms with Gasteiger partial charge in [0.2, 0.25) is 0 Å². The van der Waals surface area contributed by atoms with E-state index < -0.39 is 0 Å². The Morgan fingerprint density at radius 3 is 2.62 bits per heavy atom. The molecule has 13 heavy (non-hydrogen) atoms. The smallest absolute Gasteiger partial charge is 0.0951 e. The van der Waals surface area contributed by atoms with Gasteiger partial charge in [0.25, 0.3) is 0 Å². The highest BCUT2D eigenvalue weighted by Gasteiger charge is 2.18. The van der Waals surface area contributed by atoms with Gasteiger partial charge < -0.3 is 4.74 Å². The van der Waals surface area contributed by atoms with Crippen molar-refractivity contribution >= 4 is 0 Å². The second-order valence-electron chi connectivity index (χ2n) is 3.92. The molecule has 1 nitrogen and oxygen atoms in total. The third-order valence-electron chi connectivity index (χ3n) is 2.90. The Labute approximate surface area is 82.2 Å². The molecule has 0 bridgehead atoms. The fourth-order valence-corrected chi connectivity index (χ4v) is 1.92. The van der Waals surface area contributed by atoms with Crippen molar-refractivity contribution in [3.05, 3.63) is 11.3 Å². The van der Waals surface area contributed by atoms with E-state index in [2.05, 4.69) is 20.8 Å². The van der Waals surface area contributed by atoms with Crippen molar-refractivity contribution in [1.29, 1.82) is 0 Å². The molecule has 0 spiro atoms. The molecule has 0 radical (unpaired) electrons. The molecular formula is C12H22O. The Morgan fingerprint density at radius 2 is 2.08 bits per heavy atom. The fraction of sp³-hybridized carbons (Fsp3) is 0.833. The van der Waals surface area contributed by atoms with Gasteiger partial charge in [0.15, 0.2) is 0 Å². The first-order valence-electron chi connectivity index (χ1n) is 5.65. The minimum atomic E-state index is 0.774. The van der Waals surface area contributed by atoms with E-state index in [0.29, 0.717) is 0 Å². The molecule has 0 saturated carbocycles. The van der Waals surface area contributed by atoms with E-state index in [9.17, 15) is 0 Å². The molecule has 0 aliphatic carbocycles. The average molecular weight is 182 g/mol. The molecule has 1 unspecified atom stereocenters. The minimum absolute atomic E-state index is 0.774. The van der Waals surface area contributed by atoms with Crippen molar-refractivity contribution in [2.24, 2.45) is 5.92 Å². The molecule has 0 N–H and O–H groups in total. The largest absolute Gasteiger partial charge is 0.498 e. The van der Waals surface area contributed by atoms with Gasteiger partial charge in [-0.25, -0.2) is 0 Å². The highest BCUT2D eigenvalue weighted by Crippen LogP contribution is 2.29. The van der Waals surface area contributed by atoms with Crippen LogP contribution in [0.4, 0.5) is 0 Å². The molecule has 0 saturated heterocycles.